The number of hydrogen-bond acceptors (Lipinski definition) is 4. The van der Waals surface area contributed by atoms with Crippen LogP contribution in [0.1, 0.15) is 29.4 Å². The molecule has 0 spiro atoms. The van der Waals surface area contributed by atoms with E-state index in [2.05, 4.69) is 10.1 Å². The highest BCUT2D eigenvalue weighted by Gasteiger charge is 2.23. The molecule has 0 saturated heterocycles. The Labute approximate surface area is 110 Å². The summed E-state index contributed by atoms with van der Waals surface area (Å²) in [6, 6.07) is 1.35. The number of aromatic nitrogens is 3. The van der Waals surface area contributed by atoms with Crippen molar-refractivity contribution in [3.63, 3.8) is 0 Å². The Morgan fingerprint density at radius 3 is 2.89 bits per heavy atom. The lowest BCUT2D eigenvalue weighted by molar-refractivity contribution is 0.102. The minimum absolute atomic E-state index is 0.0360. The van der Waals surface area contributed by atoms with Crippen molar-refractivity contribution < 1.29 is 13.9 Å². The number of methoxy groups -OCH3 is 1. The van der Waals surface area contributed by atoms with Crippen LogP contribution in [0.15, 0.2) is 24.7 Å². The monoisotopic (exact) mass is 263 g/mol. The van der Waals surface area contributed by atoms with Crippen LogP contribution in [-0.2, 0) is 6.54 Å². The van der Waals surface area contributed by atoms with Crippen LogP contribution < -0.4 is 4.74 Å². The standard InChI is InChI=1S/C13H14FN3O2/c1-3-6-17-12(11(19-2)8-16-17)13(18)9-4-5-15-7-10(9)14/h4-5,7-8H,3,6H2,1-2H3. The van der Waals surface area contributed by atoms with E-state index in [0.717, 1.165) is 12.6 Å². The number of rotatable bonds is 5. The molecule has 0 amide bonds. The van der Waals surface area contributed by atoms with Gasteiger partial charge in [0.15, 0.2) is 17.3 Å². The predicted octanol–water partition coefficient (Wildman–Crippen LogP) is 2.07. The fourth-order valence-electron chi connectivity index (χ4n) is 1.81. The van der Waals surface area contributed by atoms with Crippen LogP contribution in [0, 0.1) is 5.82 Å². The van der Waals surface area contributed by atoms with Gasteiger partial charge in [-0.05, 0) is 12.5 Å². The van der Waals surface area contributed by atoms with E-state index in [4.69, 9.17) is 4.74 Å². The van der Waals surface area contributed by atoms with Crippen LogP contribution in [0.3, 0.4) is 0 Å². The molecule has 2 aromatic heterocycles. The molecule has 0 aliphatic carbocycles. The van der Waals surface area contributed by atoms with Crippen LogP contribution >= 0.6 is 0 Å². The van der Waals surface area contributed by atoms with E-state index in [1.165, 1.54) is 30.3 Å². The van der Waals surface area contributed by atoms with Crippen molar-refractivity contribution in [3.8, 4) is 5.75 Å². The number of pyridine rings is 1. The van der Waals surface area contributed by atoms with Gasteiger partial charge in [-0.15, -0.1) is 0 Å². The molecule has 0 N–H and O–H groups in total. The van der Waals surface area contributed by atoms with Gasteiger partial charge in [0.05, 0.1) is 25.1 Å². The molecule has 0 bridgehead atoms. The summed E-state index contributed by atoms with van der Waals surface area (Å²) in [6.45, 7) is 2.53. The first kappa shape index (κ1) is 13.2. The van der Waals surface area contributed by atoms with Gasteiger partial charge in [0.25, 0.3) is 0 Å². The molecule has 0 aliphatic rings. The van der Waals surface area contributed by atoms with Gasteiger partial charge in [-0.2, -0.15) is 5.10 Å². The summed E-state index contributed by atoms with van der Waals surface area (Å²) in [5.41, 5.74) is 0.223. The van der Waals surface area contributed by atoms with Crippen molar-refractivity contribution in [1.29, 1.82) is 0 Å². The van der Waals surface area contributed by atoms with Gasteiger partial charge in [0.2, 0.25) is 5.78 Å². The molecule has 0 unspecified atom stereocenters. The molecule has 100 valence electrons. The average molecular weight is 263 g/mol. The van der Waals surface area contributed by atoms with Crippen LogP contribution in [0.2, 0.25) is 0 Å². The van der Waals surface area contributed by atoms with Crippen LogP contribution in [0.25, 0.3) is 0 Å². The molecule has 2 rings (SSSR count). The zero-order valence-electron chi connectivity index (χ0n) is 10.8. The summed E-state index contributed by atoms with van der Waals surface area (Å²) >= 11 is 0. The van der Waals surface area contributed by atoms with Gasteiger partial charge >= 0.3 is 0 Å². The second-order valence-electron chi connectivity index (χ2n) is 3.97. The molecule has 6 heteroatoms. The van der Waals surface area contributed by atoms with Crippen molar-refractivity contribution in [2.75, 3.05) is 7.11 Å². The zero-order valence-corrected chi connectivity index (χ0v) is 10.8. The molecule has 19 heavy (non-hydrogen) atoms. The number of ketones is 1. The van der Waals surface area contributed by atoms with Gasteiger partial charge < -0.3 is 4.74 Å². The molecule has 0 atom stereocenters. The Kier molecular flexibility index (Phi) is 3.89. The first-order valence-electron chi connectivity index (χ1n) is 5.93. The summed E-state index contributed by atoms with van der Waals surface area (Å²) in [4.78, 5) is 16.0. The van der Waals surface area contributed by atoms with Crippen molar-refractivity contribution in [2.24, 2.45) is 0 Å². The first-order valence-corrected chi connectivity index (χ1v) is 5.93. The Bertz CT molecular complexity index is 595. The smallest absolute Gasteiger partial charge is 0.217 e. The van der Waals surface area contributed by atoms with Gasteiger partial charge in [-0.1, -0.05) is 6.92 Å². The van der Waals surface area contributed by atoms with Crippen LogP contribution in [-0.4, -0.2) is 27.7 Å². The lowest BCUT2D eigenvalue weighted by atomic mass is 10.1. The summed E-state index contributed by atoms with van der Waals surface area (Å²) in [5, 5.41) is 4.09. The van der Waals surface area contributed by atoms with E-state index < -0.39 is 11.6 Å². The van der Waals surface area contributed by atoms with Crippen molar-refractivity contribution in [3.05, 3.63) is 41.7 Å². The maximum absolute atomic E-state index is 13.6. The lowest BCUT2D eigenvalue weighted by Gasteiger charge is -2.07. The summed E-state index contributed by atoms with van der Waals surface area (Å²) < 4.78 is 20.3. The third-order valence-electron chi connectivity index (χ3n) is 2.69. The largest absolute Gasteiger partial charge is 0.493 e. The molecule has 0 fully saturated rings. The maximum atomic E-state index is 13.6. The molecule has 5 nitrogen and oxygen atoms in total. The summed E-state index contributed by atoms with van der Waals surface area (Å²) in [7, 11) is 1.45. The van der Waals surface area contributed by atoms with Crippen molar-refractivity contribution in [1.82, 2.24) is 14.8 Å². The maximum Gasteiger partial charge on any atom is 0.217 e. The minimum atomic E-state index is -0.654. The Morgan fingerprint density at radius 2 is 2.26 bits per heavy atom. The first-order chi connectivity index (χ1) is 9.19. The third kappa shape index (κ3) is 2.47. The van der Waals surface area contributed by atoms with Gasteiger partial charge in [0.1, 0.15) is 0 Å². The van der Waals surface area contributed by atoms with Crippen molar-refractivity contribution in [2.45, 2.75) is 19.9 Å². The molecule has 0 radical (unpaired) electrons. The fraction of sp³-hybridized carbons (Fsp3) is 0.308. The van der Waals surface area contributed by atoms with Crippen LogP contribution in [0.5, 0.6) is 5.75 Å². The number of aryl methyl sites for hydroxylation is 1. The third-order valence-corrected chi connectivity index (χ3v) is 2.69. The highest BCUT2D eigenvalue weighted by Crippen LogP contribution is 2.22. The van der Waals surface area contributed by atoms with E-state index in [1.807, 2.05) is 6.92 Å². The Hall–Kier alpha value is -2.24. The Balaban J connectivity index is 2.48. The fourth-order valence-corrected chi connectivity index (χ4v) is 1.81. The number of halogens is 1. The topological polar surface area (TPSA) is 57.0 Å². The van der Waals surface area contributed by atoms with Gasteiger partial charge in [-0.25, -0.2) is 4.39 Å². The van der Waals surface area contributed by atoms with Crippen LogP contribution in [0.4, 0.5) is 4.39 Å². The second kappa shape index (κ2) is 5.60. The highest BCUT2D eigenvalue weighted by molar-refractivity contribution is 6.09. The number of nitrogens with zero attached hydrogens (tertiary/aromatic N) is 3. The summed E-state index contributed by atoms with van der Waals surface area (Å²) in [6.07, 6.45) is 4.66. The average Bonchev–Trinajstić information content (AvgIpc) is 2.82. The molecule has 0 aromatic carbocycles. The number of ether oxygens (including phenoxy) is 1. The molecular weight excluding hydrogens is 249 g/mol. The SMILES string of the molecule is CCCn1ncc(OC)c1C(=O)c1ccncc1F. The normalized spacial score (nSPS) is 10.5. The molecule has 0 aliphatic heterocycles. The van der Waals surface area contributed by atoms with Gasteiger partial charge in [-0.3, -0.25) is 14.5 Å². The van der Waals surface area contributed by atoms with E-state index in [9.17, 15) is 9.18 Å². The van der Waals surface area contributed by atoms with Crippen molar-refractivity contribution >= 4 is 5.78 Å². The van der Waals surface area contributed by atoms with E-state index in [1.54, 1.807) is 0 Å². The summed E-state index contributed by atoms with van der Waals surface area (Å²) in [5.74, 6) is -0.767. The minimum Gasteiger partial charge on any atom is -0.493 e. The van der Waals surface area contributed by atoms with E-state index >= 15 is 0 Å². The molecule has 2 heterocycles. The molecule has 2 aromatic rings. The predicted molar refractivity (Wildman–Crippen MR) is 66.7 cm³/mol. The molecule has 0 saturated carbocycles. The Morgan fingerprint density at radius 1 is 1.47 bits per heavy atom. The van der Waals surface area contributed by atoms with Gasteiger partial charge in [0, 0.05) is 12.7 Å². The number of hydrogen-bond donors (Lipinski definition) is 0. The second-order valence-corrected chi connectivity index (χ2v) is 3.97. The van der Waals surface area contributed by atoms with E-state index in [0.29, 0.717) is 12.3 Å². The number of carbonyl (C=O) groups excluding carboxylic acids is 1. The lowest BCUT2D eigenvalue weighted by Crippen LogP contribution is -2.14. The number of carbonyl (C=O) groups is 1. The van der Waals surface area contributed by atoms with E-state index in [-0.39, 0.29) is 11.3 Å². The highest BCUT2D eigenvalue weighted by atomic mass is 19.1. The quantitative estimate of drug-likeness (QED) is 0.775. The molecular formula is C13H14FN3O2. The zero-order chi connectivity index (χ0) is 13.8.